The van der Waals surface area contributed by atoms with Gasteiger partial charge in [0.1, 0.15) is 5.82 Å². The van der Waals surface area contributed by atoms with E-state index in [0.717, 1.165) is 6.07 Å². The maximum Gasteiger partial charge on any atom is 0.321 e. The van der Waals surface area contributed by atoms with Gasteiger partial charge >= 0.3 is 6.03 Å². The van der Waals surface area contributed by atoms with Crippen molar-refractivity contribution in [2.45, 2.75) is 6.92 Å². The van der Waals surface area contributed by atoms with E-state index in [2.05, 4.69) is 5.32 Å². The van der Waals surface area contributed by atoms with Gasteiger partial charge in [-0.2, -0.15) is 0 Å². The van der Waals surface area contributed by atoms with Crippen LogP contribution in [0.3, 0.4) is 0 Å². The number of halogens is 2. The molecule has 0 aliphatic rings. The first-order valence-corrected chi connectivity index (χ1v) is 4.89. The molecule has 0 bridgehead atoms. The van der Waals surface area contributed by atoms with E-state index in [4.69, 9.17) is 11.6 Å². The van der Waals surface area contributed by atoms with Crippen LogP contribution in [0.2, 0.25) is 5.02 Å². The predicted molar refractivity (Wildman–Crippen MR) is 58.7 cm³/mol. The van der Waals surface area contributed by atoms with E-state index < -0.39 is 5.82 Å². The molecule has 0 saturated heterocycles. The first kappa shape index (κ1) is 11.8. The number of urea groups is 1. The van der Waals surface area contributed by atoms with Crippen molar-refractivity contribution in [2.75, 3.05) is 18.9 Å². The molecular formula is C10H12ClFN2O. The van der Waals surface area contributed by atoms with Crippen LogP contribution in [0.5, 0.6) is 0 Å². The number of carbonyl (C=O) groups excluding carboxylic acids is 1. The summed E-state index contributed by atoms with van der Waals surface area (Å²) in [5.41, 5.74) is 0.129. The van der Waals surface area contributed by atoms with Crippen LogP contribution in [-0.2, 0) is 0 Å². The second-order valence-corrected chi connectivity index (χ2v) is 3.50. The third-order valence-electron chi connectivity index (χ3n) is 1.99. The van der Waals surface area contributed by atoms with Crippen LogP contribution in [0.15, 0.2) is 18.2 Å². The lowest BCUT2D eigenvalue weighted by atomic mass is 10.3. The lowest BCUT2D eigenvalue weighted by Gasteiger charge is -2.15. The van der Waals surface area contributed by atoms with Crippen molar-refractivity contribution in [2.24, 2.45) is 0 Å². The number of benzene rings is 1. The Morgan fingerprint density at radius 1 is 1.60 bits per heavy atom. The fourth-order valence-electron chi connectivity index (χ4n) is 0.945. The molecule has 0 atom stereocenters. The van der Waals surface area contributed by atoms with Gasteiger partial charge in [0.25, 0.3) is 0 Å². The zero-order chi connectivity index (χ0) is 11.4. The van der Waals surface area contributed by atoms with Gasteiger partial charge in [-0.1, -0.05) is 11.6 Å². The molecule has 0 spiro atoms. The van der Waals surface area contributed by atoms with E-state index in [1.807, 2.05) is 6.92 Å². The molecule has 1 rings (SSSR count). The fourth-order valence-corrected chi connectivity index (χ4v) is 1.10. The van der Waals surface area contributed by atoms with E-state index in [-0.39, 0.29) is 11.7 Å². The summed E-state index contributed by atoms with van der Waals surface area (Å²) in [6.07, 6.45) is 0. The average molecular weight is 231 g/mol. The number of nitrogens with one attached hydrogen (secondary N) is 1. The lowest BCUT2D eigenvalue weighted by molar-refractivity contribution is 0.224. The molecule has 0 aliphatic heterocycles. The first-order chi connectivity index (χ1) is 7.04. The average Bonchev–Trinajstić information content (AvgIpc) is 2.20. The molecule has 0 aliphatic carbocycles. The van der Waals surface area contributed by atoms with Crippen molar-refractivity contribution in [3.05, 3.63) is 29.0 Å². The molecule has 1 N–H and O–H groups in total. The van der Waals surface area contributed by atoms with Crippen LogP contribution in [0, 0.1) is 5.82 Å². The minimum absolute atomic E-state index is 0.129. The predicted octanol–water partition coefficient (Wildman–Crippen LogP) is 2.96. The number of hydrogen-bond donors (Lipinski definition) is 1. The molecule has 15 heavy (non-hydrogen) atoms. The zero-order valence-electron chi connectivity index (χ0n) is 8.55. The van der Waals surface area contributed by atoms with Crippen LogP contribution in [0.1, 0.15) is 6.92 Å². The molecule has 0 fully saturated rings. The van der Waals surface area contributed by atoms with E-state index in [1.54, 1.807) is 7.05 Å². The molecule has 0 unspecified atom stereocenters. The molecule has 3 nitrogen and oxygen atoms in total. The van der Waals surface area contributed by atoms with Crippen molar-refractivity contribution >= 4 is 23.3 Å². The SMILES string of the molecule is CCN(C)C(=O)Nc1ccc(Cl)cc1F. The van der Waals surface area contributed by atoms with Gasteiger partial charge in [-0.25, -0.2) is 9.18 Å². The van der Waals surface area contributed by atoms with E-state index >= 15 is 0 Å². The van der Waals surface area contributed by atoms with Crippen molar-refractivity contribution in [1.29, 1.82) is 0 Å². The summed E-state index contributed by atoms with van der Waals surface area (Å²) < 4.78 is 13.3. The van der Waals surface area contributed by atoms with E-state index in [0.29, 0.717) is 11.6 Å². The fraction of sp³-hybridized carbons (Fsp3) is 0.300. The molecule has 0 aromatic heterocycles. The Morgan fingerprint density at radius 3 is 2.80 bits per heavy atom. The summed E-state index contributed by atoms with van der Waals surface area (Å²) in [5.74, 6) is -0.541. The highest BCUT2D eigenvalue weighted by atomic mass is 35.5. The molecule has 0 heterocycles. The van der Waals surface area contributed by atoms with E-state index in [1.165, 1.54) is 17.0 Å². The number of nitrogens with zero attached hydrogens (tertiary/aromatic N) is 1. The largest absolute Gasteiger partial charge is 0.328 e. The number of carbonyl (C=O) groups is 1. The molecule has 2 amide bonds. The Balaban J connectivity index is 2.77. The topological polar surface area (TPSA) is 32.3 Å². The highest BCUT2D eigenvalue weighted by Gasteiger charge is 2.09. The molecular weight excluding hydrogens is 219 g/mol. The Bertz CT molecular complexity index is 370. The van der Waals surface area contributed by atoms with E-state index in [9.17, 15) is 9.18 Å². The first-order valence-electron chi connectivity index (χ1n) is 4.51. The molecule has 82 valence electrons. The van der Waals surface area contributed by atoms with Crippen LogP contribution in [0.25, 0.3) is 0 Å². The minimum Gasteiger partial charge on any atom is -0.328 e. The molecule has 1 aromatic rings. The summed E-state index contributed by atoms with van der Waals surface area (Å²) in [6, 6.07) is 3.76. The minimum atomic E-state index is -0.541. The van der Waals surface area contributed by atoms with Crippen molar-refractivity contribution in [3.63, 3.8) is 0 Å². The Kier molecular flexibility index (Phi) is 3.91. The van der Waals surface area contributed by atoms with Gasteiger partial charge in [0.15, 0.2) is 0 Å². The highest BCUT2D eigenvalue weighted by Crippen LogP contribution is 2.18. The summed E-state index contributed by atoms with van der Waals surface area (Å²) in [6.45, 7) is 2.39. The third kappa shape index (κ3) is 3.09. The maximum atomic E-state index is 13.3. The third-order valence-corrected chi connectivity index (χ3v) is 2.23. The maximum absolute atomic E-state index is 13.3. The summed E-state index contributed by atoms with van der Waals surface area (Å²) >= 11 is 5.58. The van der Waals surface area contributed by atoms with Gasteiger partial charge in [0.2, 0.25) is 0 Å². The Hall–Kier alpha value is -1.29. The Labute approximate surface area is 92.8 Å². The van der Waals surface area contributed by atoms with Crippen LogP contribution in [0.4, 0.5) is 14.9 Å². The van der Waals surface area contributed by atoms with Gasteiger partial charge in [-0.3, -0.25) is 0 Å². The zero-order valence-corrected chi connectivity index (χ0v) is 9.31. The smallest absolute Gasteiger partial charge is 0.321 e. The van der Waals surface area contributed by atoms with Crippen LogP contribution in [-0.4, -0.2) is 24.5 Å². The number of hydrogen-bond acceptors (Lipinski definition) is 1. The van der Waals surface area contributed by atoms with Gasteiger partial charge in [-0.05, 0) is 25.1 Å². The van der Waals surface area contributed by atoms with Crippen molar-refractivity contribution < 1.29 is 9.18 Å². The monoisotopic (exact) mass is 230 g/mol. The quantitative estimate of drug-likeness (QED) is 0.833. The van der Waals surface area contributed by atoms with Crippen molar-refractivity contribution in [3.8, 4) is 0 Å². The molecule has 0 radical (unpaired) electrons. The molecule has 5 heteroatoms. The lowest BCUT2D eigenvalue weighted by Crippen LogP contribution is -2.31. The molecule has 0 saturated carbocycles. The van der Waals surface area contributed by atoms with Gasteiger partial charge in [0, 0.05) is 18.6 Å². The number of amides is 2. The summed E-state index contributed by atoms with van der Waals surface area (Å²) in [5, 5.41) is 2.74. The summed E-state index contributed by atoms with van der Waals surface area (Å²) in [4.78, 5) is 12.8. The second-order valence-electron chi connectivity index (χ2n) is 3.07. The second kappa shape index (κ2) is 4.98. The highest BCUT2D eigenvalue weighted by molar-refractivity contribution is 6.30. The number of anilines is 1. The van der Waals surface area contributed by atoms with Gasteiger partial charge < -0.3 is 10.2 Å². The van der Waals surface area contributed by atoms with Gasteiger partial charge in [-0.15, -0.1) is 0 Å². The van der Waals surface area contributed by atoms with Gasteiger partial charge in [0.05, 0.1) is 5.69 Å². The number of rotatable bonds is 2. The van der Waals surface area contributed by atoms with Crippen LogP contribution >= 0.6 is 11.6 Å². The Morgan fingerprint density at radius 2 is 2.27 bits per heavy atom. The van der Waals surface area contributed by atoms with Crippen LogP contribution < -0.4 is 5.32 Å². The van der Waals surface area contributed by atoms with Crippen molar-refractivity contribution in [1.82, 2.24) is 4.90 Å². The standard InChI is InChI=1S/C10H12ClFN2O/c1-3-14(2)10(15)13-9-5-4-7(11)6-8(9)12/h4-6H,3H2,1-2H3,(H,13,15). The normalized spacial score (nSPS) is 9.87. The molecule has 1 aromatic carbocycles. The summed E-state index contributed by atoms with van der Waals surface area (Å²) in [7, 11) is 1.63.